The second kappa shape index (κ2) is 4.22. The van der Waals surface area contributed by atoms with Crippen molar-refractivity contribution < 1.29 is 4.39 Å². The fraction of sp³-hybridized carbons (Fsp3) is 1.00. The van der Waals surface area contributed by atoms with E-state index < -0.39 is 5.67 Å². The number of rotatable bonds is 4. The van der Waals surface area contributed by atoms with Crippen LogP contribution in [0.3, 0.4) is 0 Å². The van der Waals surface area contributed by atoms with Gasteiger partial charge < -0.3 is 5.32 Å². The van der Waals surface area contributed by atoms with Gasteiger partial charge in [0.25, 0.3) is 0 Å². The molecule has 12 heavy (non-hydrogen) atoms. The number of hydrogen-bond donors (Lipinski definition) is 1. The molecular formula is C10H22FN. The predicted octanol–water partition coefficient (Wildman–Crippen LogP) is 2.90. The third-order valence-corrected chi connectivity index (χ3v) is 1.60. The topological polar surface area (TPSA) is 12.0 Å². The van der Waals surface area contributed by atoms with Gasteiger partial charge in [-0.2, -0.15) is 0 Å². The van der Waals surface area contributed by atoms with E-state index in [4.69, 9.17) is 0 Å². The second-order valence-electron chi connectivity index (χ2n) is 5.00. The Kier molecular flexibility index (Phi) is 4.18. The van der Waals surface area contributed by atoms with Crippen LogP contribution >= 0.6 is 0 Å². The number of halogens is 1. The largest absolute Gasteiger partial charge is 0.312 e. The van der Waals surface area contributed by atoms with Gasteiger partial charge in [0.1, 0.15) is 5.67 Å². The molecule has 0 aliphatic heterocycles. The fourth-order valence-electron chi connectivity index (χ4n) is 0.972. The highest BCUT2D eigenvalue weighted by Gasteiger charge is 2.15. The van der Waals surface area contributed by atoms with E-state index in [0.717, 1.165) is 13.0 Å². The average Bonchev–Trinajstić information content (AvgIpc) is 1.76. The van der Waals surface area contributed by atoms with Gasteiger partial charge in [0.15, 0.2) is 0 Å². The van der Waals surface area contributed by atoms with Crippen molar-refractivity contribution in [3.05, 3.63) is 0 Å². The molecule has 0 saturated heterocycles. The van der Waals surface area contributed by atoms with Crippen molar-refractivity contribution in [1.82, 2.24) is 5.32 Å². The molecule has 0 aromatic rings. The lowest BCUT2D eigenvalue weighted by Crippen LogP contribution is -2.36. The molecule has 0 bridgehead atoms. The molecule has 1 nitrogen and oxygen atoms in total. The Bertz CT molecular complexity index is 103. The fourth-order valence-corrected chi connectivity index (χ4v) is 0.972. The van der Waals surface area contributed by atoms with Crippen LogP contribution in [-0.4, -0.2) is 17.8 Å². The second-order valence-corrected chi connectivity index (χ2v) is 5.00. The Morgan fingerprint density at radius 2 is 1.58 bits per heavy atom. The van der Waals surface area contributed by atoms with Crippen LogP contribution in [-0.2, 0) is 0 Å². The van der Waals surface area contributed by atoms with E-state index >= 15 is 0 Å². The molecule has 0 saturated carbocycles. The van der Waals surface area contributed by atoms with Gasteiger partial charge in [0.05, 0.1) is 0 Å². The molecule has 0 amide bonds. The summed E-state index contributed by atoms with van der Waals surface area (Å²) in [6, 6.07) is 0. The first-order chi connectivity index (χ1) is 5.21. The highest BCUT2D eigenvalue weighted by atomic mass is 19.1. The quantitative estimate of drug-likeness (QED) is 0.648. The van der Waals surface area contributed by atoms with Crippen molar-refractivity contribution in [3.63, 3.8) is 0 Å². The lowest BCUT2D eigenvalue weighted by atomic mass is 10.0. The van der Waals surface area contributed by atoms with E-state index in [0.29, 0.717) is 6.42 Å². The standard InChI is InChI=1S/C10H22FN/c1-9(2,3)12-8-6-7-10(4,5)11/h12H,6-8H2,1-5H3. The van der Waals surface area contributed by atoms with Crippen molar-refractivity contribution >= 4 is 0 Å². The van der Waals surface area contributed by atoms with E-state index in [2.05, 4.69) is 26.1 Å². The smallest absolute Gasteiger partial charge is 0.105 e. The normalized spacial score (nSPS) is 13.5. The van der Waals surface area contributed by atoms with Crippen LogP contribution in [0.5, 0.6) is 0 Å². The summed E-state index contributed by atoms with van der Waals surface area (Å²) in [6.07, 6.45) is 1.54. The minimum atomic E-state index is -1.01. The van der Waals surface area contributed by atoms with Gasteiger partial charge in [-0.25, -0.2) is 4.39 Å². The molecule has 0 rings (SSSR count). The van der Waals surface area contributed by atoms with E-state index in [1.54, 1.807) is 13.8 Å². The summed E-state index contributed by atoms with van der Waals surface area (Å²) in [6.45, 7) is 10.5. The zero-order valence-corrected chi connectivity index (χ0v) is 9.00. The Labute approximate surface area is 75.7 Å². The third kappa shape index (κ3) is 9.89. The highest BCUT2D eigenvalue weighted by Crippen LogP contribution is 2.15. The van der Waals surface area contributed by atoms with Gasteiger partial charge in [-0.3, -0.25) is 0 Å². The van der Waals surface area contributed by atoms with Gasteiger partial charge in [-0.15, -0.1) is 0 Å². The zero-order chi connectivity index (χ0) is 9.83. The van der Waals surface area contributed by atoms with Gasteiger partial charge >= 0.3 is 0 Å². The molecule has 0 spiro atoms. The number of hydrogen-bond acceptors (Lipinski definition) is 1. The van der Waals surface area contributed by atoms with Gasteiger partial charge in [-0.05, 0) is 54.0 Å². The molecule has 0 fully saturated rings. The molecular weight excluding hydrogens is 153 g/mol. The first-order valence-electron chi connectivity index (χ1n) is 4.65. The van der Waals surface area contributed by atoms with Crippen molar-refractivity contribution in [2.75, 3.05) is 6.54 Å². The van der Waals surface area contributed by atoms with Crippen molar-refractivity contribution in [3.8, 4) is 0 Å². The van der Waals surface area contributed by atoms with Crippen LogP contribution < -0.4 is 5.32 Å². The van der Waals surface area contributed by atoms with E-state index in [9.17, 15) is 4.39 Å². The summed E-state index contributed by atoms with van der Waals surface area (Å²) in [5, 5.41) is 3.33. The Morgan fingerprint density at radius 3 is 1.92 bits per heavy atom. The maximum absolute atomic E-state index is 13.0. The first kappa shape index (κ1) is 11.9. The van der Waals surface area contributed by atoms with Crippen LogP contribution in [0.2, 0.25) is 0 Å². The molecule has 0 aliphatic rings. The van der Waals surface area contributed by atoms with Crippen LogP contribution in [0.1, 0.15) is 47.5 Å². The van der Waals surface area contributed by atoms with Crippen LogP contribution in [0.4, 0.5) is 4.39 Å². The molecule has 0 radical (unpaired) electrons. The van der Waals surface area contributed by atoms with E-state index in [-0.39, 0.29) is 5.54 Å². The molecule has 74 valence electrons. The van der Waals surface area contributed by atoms with Gasteiger partial charge in [0.2, 0.25) is 0 Å². The lowest BCUT2D eigenvalue weighted by Gasteiger charge is -2.21. The van der Waals surface area contributed by atoms with Crippen molar-refractivity contribution in [2.45, 2.75) is 58.7 Å². The highest BCUT2D eigenvalue weighted by molar-refractivity contribution is 4.72. The lowest BCUT2D eigenvalue weighted by molar-refractivity contribution is 0.195. The minimum absolute atomic E-state index is 0.153. The van der Waals surface area contributed by atoms with Gasteiger partial charge in [0, 0.05) is 5.54 Å². The van der Waals surface area contributed by atoms with Crippen LogP contribution in [0, 0.1) is 0 Å². The number of nitrogens with one attached hydrogen (secondary N) is 1. The average molecular weight is 175 g/mol. The number of alkyl halides is 1. The monoisotopic (exact) mass is 175 g/mol. The summed E-state index contributed by atoms with van der Waals surface area (Å²) < 4.78 is 13.0. The Balaban J connectivity index is 3.35. The summed E-state index contributed by atoms with van der Waals surface area (Å²) in [7, 11) is 0. The van der Waals surface area contributed by atoms with E-state index in [1.807, 2.05) is 0 Å². The summed E-state index contributed by atoms with van der Waals surface area (Å²) >= 11 is 0. The molecule has 2 heteroatoms. The van der Waals surface area contributed by atoms with Crippen LogP contribution in [0.25, 0.3) is 0 Å². The minimum Gasteiger partial charge on any atom is -0.312 e. The summed E-state index contributed by atoms with van der Waals surface area (Å²) in [5.74, 6) is 0. The molecule has 1 N–H and O–H groups in total. The Morgan fingerprint density at radius 1 is 1.08 bits per heavy atom. The maximum atomic E-state index is 13.0. The molecule has 0 atom stereocenters. The van der Waals surface area contributed by atoms with Crippen molar-refractivity contribution in [1.29, 1.82) is 0 Å². The first-order valence-corrected chi connectivity index (χ1v) is 4.65. The third-order valence-electron chi connectivity index (χ3n) is 1.60. The summed E-state index contributed by atoms with van der Waals surface area (Å²) in [5.41, 5.74) is -0.861. The molecule has 0 aromatic heterocycles. The van der Waals surface area contributed by atoms with Crippen molar-refractivity contribution in [2.24, 2.45) is 0 Å². The zero-order valence-electron chi connectivity index (χ0n) is 9.00. The van der Waals surface area contributed by atoms with E-state index in [1.165, 1.54) is 0 Å². The predicted molar refractivity (Wildman–Crippen MR) is 52.2 cm³/mol. The molecule has 0 aliphatic carbocycles. The van der Waals surface area contributed by atoms with Crippen LogP contribution in [0.15, 0.2) is 0 Å². The van der Waals surface area contributed by atoms with Gasteiger partial charge in [-0.1, -0.05) is 0 Å². The maximum Gasteiger partial charge on any atom is 0.105 e. The summed E-state index contributed by atoms with van der Waals surface area (Å²) in [4.78, 5) is 0. The molecule has 0 aromatic carbocycles. The Hall–Kier alpha value is -0.110. The molecule has 0 heterocycles. The SMILES string of the molecule is CC(C)(F)CCCNC(C)(C)C. The molecule has 0 unspecified atom stereocenters.